The molecule has 5 heteroatoms. The van der Waals surface area contributed by atoms with E-state index < -0.39 is 11.7 Å². The average Bonchev–Trinajstić information content (AvgIpc) is 2.36. The second-order valence-corrected chi connectivity index (χ2v) is 5.95. The number of nitrogens with two attached hydrogens (primary N) is 1. The van der Waals surface area contributed by atoms with Crippen LogP contribution in [0.1, 0.15) is 44.9 Å². The fourth-order valence-electron chi connectivity index (χ4n) is 1.85. The van der Waals surface area contributed by atoms with E-state index in [-0.39, 0.29) is 6.04 Å². The lowest BCUT2D eigenvalue weighted by Gasteiger charge is -2.21. The Bertz CT molecular complexity index is 481. The van der Waals surface area contributed by atoms with Crippen LogP contribution in [0.15, 0.2) is 18.2 Å². The van der Waals surface area contributed by atoms with E-state index >= 15 is 0 Å². The molecule has 1 aromatic carbocycles. The summed E-state index contributed by atoms with van der Waals surface area (Å²) in [6.45, 7) is 10.3. The van der Waals surface area contributed by atoms with Crippen LogP contribution in [-0.4, -0.2) is 24.8 Å². The van der Waals surface area contributed by atoms with Crippen LogP contribution < -0.4 is 15.8 Å². The van der Waals surface area contributed by atoms with Gasteiger partial charge in [-0.2, -0.15) is 0 Å². The van der Waals surface area contributed by atoms with E-state index in [2.05, 4.69) is 5.32 Å². The third-order valence-electron chi connectivity index (χ3n) is 2.79. The summed E-state index contributed by atoms with van der Waals surface area (Å²) in [5, 5.41) is 2.68. The molecule has 0 aromatic heterocycles. The quantitative estimate of drug-likeness (QED) is 0.875. The largest absolute Gasteiger partial charge is 0.494 e. The summed E-state index contributed by atoms with van der Waals surface area (Å²) in [5.74, 6) is 0.855. The highest BCUT2D eigenvalue weighted by atomic mass is 16.6. The molecule has 1 rings (SSSR count). The zero-order chi connectivity index (χ0) is 16.0. The van der Waals surface area contributed by atoms with Crippen LogP contribution in [0.25, 0.3) is 0 Å². The van der Waals surface area contributed by atoms with Crippen molar-refractivity contribution >= 4 is 6.09 Å². The Kier molecular flexibility index (Phi) is 6.03. The highest BCUT2D eigenvalue weighted by Crippen LogP contribution is 2.21. The molecular weight excluding hydrogens is 268 g/mol. The maximum atomic E-state index is 11.6. The van der Waals surface area contributed by atoms with Crippen LogP contribution in [0, 0.1) is 6.92 Å². The summed E-state index contributed by atoms with van der Waals surface area (Å²) in [7, 11) is 0. The van der Waals surface area contributed by atoms with E-state index in [0.717, 1.165) is 16.9 Å². The van der Waals surface area contributed by atoms with Gasteiger partial charge in [-0.3, -0.25) is 0 Å². The zero-order valence-corrected chi connectivity index (χ0v) is 13.5. The first-order chi connectivity index (χ1) is 9.73. The third kappa shape index (κ3) is 6.04. The summed E-state index contributed by atoms with van der Waals surface area (Å²) in [6.07, 6.45) is -0.458. The number of rotatable bonds is 5. The van der Waals surface area contributed by atoms with Gasteiger partial charge in [0.05, 0.1) is 6.61 Å². The van der Waals surface area contributed by atoms with Gasteiger partial charge < -0.3 is 20.5 Å². The van der Waals surface area contributed by atoms with Crippen LogP contribution in [0.5, 0.6) is 5.75 Å². The molecule has 3 N–H and O–H groups in total. The molecule has 0 heterocycles. The summed E-state index contributed by atoms with van der Waals surface area (Å²) in [4.78, 5) is 11.6. The number of hydrogen-bond donors (Lipinski definition) is 2. The summed E-state index contributed by atoms with van der Waals surface area (Å²) in [5.41, 5.74) is 7.56. The van der Waals surface area contributed by atoms with Gasteiger partial charge in [0.25, 0.3) is 0 Å². The Hall–Kier alpha value is -1.75. The molecule has 0 aliphatic heterocycles. The molecule has 118 valence electrons. The Morgan fingerprint density at radius 1 is 1.38 bits per heavy atom. The summed E-state index contributed by atoms with van der Waals surface area (Å²) in [6, 6.07) is 5.51. The molecule has 0 fully saturated rings. The van der Waals surface area contributed by atoms with Crippen molar-refractivity contribution in [2.24, 2.45) is 5.73 Å². The predicted molar refractivity (Wildman–Crippen MR) is 83.5 cm³/mol. The molecule has 0 radical (unpaired) electrons. The molecule has 0 saturated heterocycles. The van der Waals surface area contributed by atoms with Crippen molar-refractivity contribution in [3.8, 4) is 5.75 Å². The second kappa shape index (κ2) is 7.31. The number of hydrogen-bond acceptors (Lipinski definition) is 4. The molecule has 0 spiro atoms. The topological polar surface area (TPSA) is 73.6 Å². The monoisotopic (exact) mass is 294 g/mol. The fourth-order valence-corrected chi connectivity index (χ4v) is 1.85. The zero-order valence-electron chi connectivity index (χ0n) is 13.5. The minimum atomic E-state index is -0.510. The first kappa shape index (κ1) is 17.3. The third-order valence-corrected chi connectivity index (χ3v) is 2.79. The second-order valence-electron chi connectivity index (χ2n) is 5.95. The average molecular weight is 294 g/mol. The molecule has 5 nitrogen and oxygen atoms in total. The van der Waals surface area contributed by atoms with Crippen LogP contribution in [0.2, 0.25) is 0 Å². The normalized spacial score (nSPS) is 12.7. The number of aryl methyl sites for hydroxylation is 1. The van der Waals surface area contributed by atoms with Crippen LogP contribution >= 0.6 is 0 Å². The number of carbonyl (C=O) groups excluding carboxylic acids is 1. The summed E-state index contributed by atoms with van der Waals surface area (Å²) < 4.78 is 10.7. The lowest BCUT2D eigenvalue weighted by atomic mass is 10.0. The number of ether oxygens (including phenoxy) is 2. The number of benzene rings is 1. The Morgan fingerprint density at radius 2 is 2.05 bits per heavy atom. The van der Waals surface area contributed by atoms with Gasteiger partial charge in [0, 0.05) is 12.6 Å². The maximum Gasteiger partial charge on any atom is 0.407 e. The molecule has 1 amide bonds. The van der Waals surface area contributed by atoms with Gasteiger partial charge in [-0.05, 0) is 51.8 Å². The van der Waals surface area contributed by atoms with Crippen molar-refractivity contribution in [2.75, 3.05) is 13.2 Å². The van der Waals surface area contributed by atoms with Crippen LogP contribution in [0.4, 0.5) is 4.79 Å². The van der Waals surface area contributed by atoms with Gasteiger partial charge in [0.2, 0.25) is 0 Å². The Morgan fingerprint density at radius 3 is 2.57 bits per heavy atom. The Labute approximate surface area is 126 Å². The van der Waals surface area contributed by atoms with Gasteiger partial charge in [-0.15, -0.1) is 0 Å². The standard InChI is InChI=1S/C16H26N2O3/c1-6-20-14-8-7-12(9-11(14)2)13(17)10-18-15(19)21-16(3,4)5/h7-9,13H,6,10,17H2,1-5H3,(H,18,19). The minimum Gasteiger partial charge on any atom is -0.494 e. The van der Waals surface area contributed by atoms with Crippen molar-refractivity contribution in [1.29, 1.82) is 0 Å². The molecule has 1 atom stereocenters. The van der Waals surface area contributed by atoms with E-state index in [9.17, 15) is 4.79 Å². The van der Waals surface area contributed by atoms with E-state index in [4.69, 9.17) is 15.2 Å². The van der Waals surface area contributed by atoms with Gasteiger partial charge in [-0.25, -0.2) is 4.79 Å². The number of carbonyl (C=O) groups is 1. The SMILES string of the molecule is CCOc1ccc(C(N)CNC(=O)OC(C)(C)C)cc1C. The molecule has 1 unspecified atom stereocenters. The summed E-state index contributed by atoms with van der Waals surface area (Å²) >= 11 is 0. The van der Waals surface area contributed by atoms with E-state index in [1.807, 2.05) is 52.8 Å². The maximum absolute atomic E-state index is 11.6. The molecule has 0 aliphatic rings. The number of nitrogens with one attached hydrogen (secondary N) is 1. The van der Waals surface area contributed by atoms with E-state index in [0.29, 0.717) is 13.2 Å². The molecular formula is C16H26N2O3. The fraction of sp³-hybridized carbons (Fsp3) is 0.562. The van der Waals surface area contributed by atoms with Crippen LogP contribution in [-0.2, 0) is 4.74 Å². The number of amides is 1. The predicted octanol–water partition coefficient (Wildman–Crippen LogP) is 2.92. The Balaban J connectivity index is 2.58. The van der Waals surface area contributed by atoms with Gasteiger partial charge in [0.1, 0.15) is 11.4 Å². The molecule has 21 heavy (non-hydrogen) atoms. The van der Waals surface area contributed by atoms with Crippen molar-refractivity contribution in [3.63, 3.8) is 0 Å². The van der Waals surface area contributed by atoms with Crippen molar-refractivity contribution in [2.45, 2.75) is 46.3 Å². The first-order valence-corrected chi connectivity index (χ1v) is 7.18. The molecule has 1 aromatic rings. The van der Waals surface area contributed by atoms with Crippen molar-refractivity contribution < 1.29 is 14.3 Å². The smallest absolute Gasteiger partial charge is 0.407 e. The number of alkyl carbamates (subject to hydrolysis) is 1. The van der Waals surface area contributed by atoms with E-state index in [1.165, 1.54) is 0 Å². The van der Waals surface area contributed by atoms with Gasteiger partial charge >= 0.3 is 6.09 Å². The molecule has 0 bridgehead atoms. The molecule has 0 saturated carbocycles. The first-order valence-electron chi connectivity index (χ1n) is 7.18. The molecule has 0 aliphatic carbocycles. The van der Waals surface area contributed by atoms with E-state index in [1.54, 1.807) is 0 Å². The minimum absolute atomic E-state index is 0.285. The highest BCUT2D eigenvalue weighted by Gasteiger charge is 2.17. The van der Waals surface area contributed by atoms with Crippen molar-refractivity contribution in [1.82, 2.24) is 5.32 Å². The highest BCUT2D eigenvalue weighted by molar-refractivity contribution is 5.67. The van der Waals surface area contributed by atoms with Crippen LogP contribution in [0.3, 0.4) is 0 Å². The van der Waals surface area contributed by atoms with Gasteiger partial charge in [-0.1, -0.05) is 12.1 Å². The lowest BCUT2D eigenvalue weighted by molar-refractivity contribution is 0.0524. The lowest BCUT2D eigenvalue weighted by Crippen LogP contribution is -2.36. The van der Waals surface area contributed by atoms with Crippen molar-refractivity contribution in [3.05, 3.63) is 29.3 Å². The van der Waals surface area contributed by atoms with Gasteiger partial charge in [0.15, 0.2) is 0 Å².